The Morgan fingerprint density at radius 3 is 1.69 bits per heavy atom. The summed E-state index contributed by atoms with van der Waals surface area (Å²) in [5, 5.41) is 0. The molecule has 1 aliphatic heterocycles. The molecular formula is C26H21ClF7NO5S2. The van der Waals surface area contributed by atoms with E-state index in [0.29, 0.717) is 17.9 Å². The Kier molecular flexibility index (Phi) is 10.1. The van der Waals surface area contributed by atoms with Crippen molar-refractivity contribution in [2.24, 2.45) is 5.92 Å². The molecular weight excluding hydrogens is 639 g/mol. The molecule has 42 heavy (non-hydrogen) atoms. The van der Waals surface area contributed by atoms with Gasteiger partial charge in [0.1, 0.15) is 12.1 Å². The van der Waals surface area contributed by atoms with Crippen LogP contribution in [0.15, 0.2) is 82.6 Å². The first kappa shape index (κ1) is 33.5. The molecule has 3 aromatic carbocycles. The van der Waals surface area contributed by atoms with Gasteiger partial charge >= 0.3 is 12.4 Å². The zero-order valence-corrected chi connectivity index (χ0v) is 23.5. The van der Waals surface area contributed by atoms with Crippen LogP contribution in [0.1, 0.15) is 29.0 Å². The minimum absolute atomic E-state index is 0.0408. The predicted molar refractivity (Wildman–Crippen MR) is 138 cm³/mol. The van der Waals surface area contributed by atoms with Crippen LogP contribution >= 0.6 is 10.7 Å². The average molecular weight is 660 g/mol. The number of rotatable bonds is 5. The molecule has 0 spiro atoms. The van der Waals surface area contributed by atoms with Crippen molar-refractivity contribution in [2.75, 3.05) is 13.1 Å². The fourth-order valence-electron chi connectivity index (χ4n) is 4.41. The summed E-state index contributed by atoms with van der Waals surface area (Å²) in [5.41, 5.74) is -1.81. The number of hydrogen-bond donors (Lipinski definition) is 0. The van der Waals surface area contributed by atoms with Crippen molar-refractivity contribution in [1.82, 2.24) is 4.31 Å². The molecule has 0 bridgehead atoms. The first-order valence-electron chi connectivity index (χ1n) is 11.9. The van der Waals surface area contributed by atoms with Gasteiger partial charge in [0.2, 0.25) is 10.0 Å². The summed E-state index contributed by atoms with van der Waals surface area (Å²) in [6.45, 7) is -0.277. The fraction of sp³-hybridized carbons (Fsp3) is 0.269. The number of alkyl halides is 6. The lowest BCUT2D eigenvalue weighted by Crippen LogP contribution is -2.44. The maximum atomic E-state index is 13.2. The van der Waals surface area contributed by atoms with Gasteiger partial charge in [-0.25, -0.2) is 21.2 Å². The molecule has 16 heteroatoms. The number of aldehydes is 1. The minimum atomic E-state index is -4.82. The van der Waals surface area contributed by atoms with Gasteiger partial charge in [-0.15, -0.1) is 0 Å². The Labute approximate surface area is 241 Å². The summed E-state index contributed by atoms with van der Waals surface area (Å²) >= 11 is 0. The molecule has 1 heterocycles. The highest BCUT2D eigenvalue weighted by Crippen LogP contribution is 2.39. The van der Waals surface area contributed by atoms with E-state index in [9.17, 15) is 52.4 Å². The van der Waals surface area contributed by atoms with Gasteiger partial charge < -0.3 is 4.79 Å². The predicted octanol–water partition coefficient (Wildman–Crippen LogP) is 6.47. The summed E-state index contributed by atoms with van der Waals surface area (Å²) in [6, 6.07) is 13.3. The SMILES string of the molecule is O=C[C@@H]1CN(S(=O)(=O)c2ccccc2C(F)(F)F)CC[C@@H]1c1ccc(F)cc1.O=S(=O)(Cl)c1ccccc1C(F)(F)F. The molecule has 0 unspecified atom stereocenters. The maximum absolute atomic E-state index is 13.2. The van der Waals surface area contributed by atoms with Crippen LogP contribution in [0, 0.1) is 11.7 Å². The van der Waals surface area contributed by atoms with Gasteiger partial charge in [-0.3, -0.25) is 0 Å². The molecule has 0 amide bonds. The Morgan fingerprint density at radius 1 is 0.762 bits per heavy atom. The van der Waals surface area contributed by atoms with Gasteiger partial charge in [-0.2, -0.15) is 30.6 Å². The number of halogens is 8. The average Bonchev–Trinajstić information content (AvgIpc) is 2.92. The third kappa shape index (κ3) is 7.88. The van der Waals surface area contributed by atoms with Crippen LogP contribution in [0.4, 0.5) is 30.7 Å². The number of benzene rings is 3. The van der Waals surface area contributed by atoms with Crippen molar-refractivity contribution < 1.29 is 52.4 Å². The van der Waals surface area contributed by atoms with Crippen LogP contribution in [0.25, 0.3) is 0 Å². The van der Waals surface area contributed by atoms with Crippen LogP contribution in [0.3, 0.4) is 0 Å². The van der Waals surface area contributed by atoms with Crippen molar-refractivity contribution in [1.29, 1.82) is 0 Å². The highest BCUT2D eigenvalue weighted by molar-refractivity contribution is 8.13. The Morgan fingerprint density at radius 2 is 1.24 bits per heavy atom. The molecule has 0 radical (unpaired) electrons. The summed E-state index contributed by atoms with van der Waals surface area (Å²) in [4.78, 5) is 9.82. The molecule has 0 aromatic heterocycles. The van der Waals surface area contributed by atoms with E-state index in [1.165, 1.54) is 36.4 Å². The van der Waals surface area contributed by atoms with Crippen molar-refractivity contribution in [3.05, 3.63) is 95.3 Å². The quantitative estimate of drug-likeness (QED) is 0.178. The minimum Gasteiger partial charge on any atom is -0.303 e. The molecule has 0 aliphatic carbocycles. The number of nitrogens with zero attached hydrogens (tertiary/aromatic N) is 1. The molecule has 6 nitrogen and oxygen atoms in total. The molecule has 1 aliphatic rings. The Bertz CT molecular complexity index is 1630. The van der Waals surface area contributed by atoms with Crippen LogP contribution in [0.5, 0.6) is 0 Å². The van der Waals surface area contributed by atoms with Gasteiger partial charge in [0.15, 0.2) is 0 Å². The number of carbonyl (C=O) groups is 1. The molecule has 228 valence electrons. The standard InChI is InChI=1S/C19H17F4NO3S.C7H4ClF3O2S/c20-15-7-5-13(6-8-15)16-9-10-24(11-14(16)12-25)28(26,27)18-4-2-1-3-17(18)19(21,22)23;8-14(12,13)6-4-2-1-3-5(6)7(9,10)11/h1-8,12,14,16H,9-11H2;1-4H/t14-,16+;/m0./s1. The maximum Gasteiger partial charge on any atom is 0.417 e. The molecule has 3 aromatic rings. The van der Waals surface area contributed by atoms with Crippen molar-refractivity contribution in [3.63, 3.8) is 0 Å². The van der Waals surface area contributed by atoms with E-state index in [1.54, 1.807) is 0 Å². The van der Waals surface area contributed by atoms with E-state index < -0.39 is 64.1 Å². The zero-order chi connectivity index (χ0) is 31.5. The van der Waals surface area contributed by atoms with E-state index in [0.717, 1.165) is 34.6 Å². The second kappa shape index (κ2) is 12.7. The van der Waals surface area contributed by atoms with Crippen LogP contribution in [-0.2, 0) is 36.2 Å². The van der Waals surface area contributed by atoms with Gasteiger partial charge in [0.05, 0.1) is 20.9 Å². The lowest BCUT2D eigenvalue weighted by molar-refractivity contribution is -0.140. The molecule has 1 fully saturated rings. The molecule has 2 atom stereocenters. The lowest BCUT2D eigenvalue weighted by Gasteiger charge is -2.36. The van der Waals surface area contributed by atoms with E-state index >= 15 is 0 Å². The first-order valence-corrected chi connectivity index (χ1v) is 15.6. The summed E-state index contributed by atoms with van der Waals surface area (Å²) in [5.74, 6) is -1.51. The summed E-state index contributed by atoms with van der Waals surface area (Å²) in [6.07, 6.45) is -8.70. The number of piperidine rings is 1. The molecule has 1 saturated heterocycles. The second-order valence-electron chi connectivity index (χ2n) is 9.04. The molecule has 0 saturated carbocycles. The topological polar surface area (TPSA) is 88.6 Å². The van der Waals surface area contributed by atoms with E-state index in [2.05, 4.69) is 0 Å². The smallest absolute Gasteiger partial charge is 0.303 e. The highest BCUT2D eigenvalue weighted by Gasteiger charge is 2.42. The van der Waals surface area contributed by atoms with Crippen molar-refractivity contribution in [3.8, 4) is 0 Å². The normalized spacial score (nSPS) is 18.6. The Hall–Kier alpha value is -3.01. The van der Waals surface area contributed by atoms with Crippen LogP contribution in [0.2, 0.25) is 0 Å². The second-order valence-corrected chi connectivity index (χ2v) is 13.5. The van der Waals surface area contributed by atoms with Crippen molar-refractivity contribution >= 4 is 36.0 Å². The van der Waals surface area contributed by atoms with Gasteiger partial charge in [-0.05, 0) is 54.3 Å². The van der Waals surface area contributed by atoms with Crippen LogP contribution in [-0.4, -0.2) is 40.5 Å². The van der Waals surface area contributed by atoms with E-state index in [-0.39, 0.29) is 25.4 Å². The molecule has 4 rings (SSSR count). The first-order chi connectivity index (χ1) is 19.4. The lowest BCUT2D eigenvalue weighted by atomic mass is 9.82. The van der Waals surface area contributed by atoms with Crippen molar-refractivity contribution in [2.45, 2.75) is 34.5 Å². The third-order valence-corrected chi connectivity index (χ3v) is 9.66. The Balaban J connectivity index is 0.000000291. The highest BCUT2D eigenvalue weighted by atomic mass is 35.7. The number of carbonyl (C=O) groups excluding carboxylic acids is 1. The fourth-order valence-corrected chi connectivity index (χ4v) is 7.20. The zero-order valence-electron chi connectivity index (χ0n) is 21.1. The van der Waals surface area contributed by atoms with Crippen LogP contribution < -0.4 is 0 Å². The number of sulfonamides is 1. The summed E-state index contributed by atoms with van der Waals surface area (Å²) in [7, 11) is -3.96. The van der Waals surface area contributed by atoms with Gasteiger partial charge in [-0.1, -0.05) is 36.4 Å². The van der Waals surface area contributed by atoms with E-state index in [1.807, 2.05) is 0 Å². The third-order valence-electron chi connectivity index (χ3n) is 6.36. The molecule has 0 N–H and O–H groups in total. The van der Waals surface area contributed by atoms with Gasteiger partial charge in [0, 0.05) is 29.7 Å². The largest absolute Gasteiger partial charge is 0.417 e. The van der Waals surface area contributed by atoms with Gasteiger partial charge in [0.25, 0.3) is 9.05 Å². The summed E-state index contributed by atoms with van der Waals surface area (Å²) < 4.78 is 138. The monoisotopic (exact) mass is 659 g/mol. The van der Waals surface area contributed by atoms with E-state index in [4.69, 9.17) is 10.7 Å². The number of hydrogen-bond acceptors (Lipinski definition) is 5.